The third kappa shape index (κ3) is 1.78. The van der Waals surface area contributed by atoms with Crippen molar-refractivity contribution < 1.29 is 9.90 Å². The van der Waals surface area contributed by atoms with Crippen molar-refractivity contribution in [1.82, 2.24) is 0 Å². The average molecular weight is 182 g/mol. The Morgan fingerprint density at radius 3 is 2.69 bits per heavy atom. The summed E-state index contributed by atoms with van der Waals surface area (Å²) in [6.45, 7) is 1.63. The van der Waals surface area contributed by atoms with Gasteiger partial charge in [0.05, 0.1) is 0 Å². The second kappa shape index (κ2) is 3.09. The summed E-state index contributed by atoms with van der Waals surface area (Å²) >= 11 is 0. The second-order valence-corrected chi connectivity index (χ2v) is 5.11. The summed E-state index contributed by atoms with van der Waals surface area (Å²) in [6.07, 6.45) is 6.67. The Kier molecular flexibility index (Phi) is 2.18. The highest BCUT2D eigenvalue weighted by atomic mass is 16.3. The molecular formula is C11H18O2. The molecule has 2 rings (SSSR count). The van der Waals surface area contributed by atoms with Gasteiger partial charge in [-0.1, -0.05) is 6.42 Å². The van der Waals surface area contributed by atoms with Crippen molar-refractivity contribution in [1.29, 1.82) is 0 Å². The minimum atomic E-state index is -1.07. The molecular weight excluding hydrogens is 164 g/mol. The number of rotatable bonds is 3. The maximum Gasteiger partial charge on any atom is 0.151 e. The van der Waals surface area contributed by atoms with Gasteiger partial charge in [-0.25, -0.2) is 0 Å². The number of carbonyl (C=O) groups excluding carboxylic acids is 1. The van der Waals surface area contributed by atoms with Gasteiger partial charge in [-0.05, 0) is 50.4 Å². The third-order valence-corrected chi connectivity index (χ3v) is 3.81. The van der Waals surface area contributed by atoms with E-state index in [2.05, 4.69) is 0 Å². The van der Waals surface area contributed by atoms with Crippen LogP contribution in [0.25, 0.3) is 0 Å². The van der Waals surface area contributed by atoms with E-state index >= 15 is 0 Å². The van der Waals surface area contributed by atoms with Crippen LogP contribution >= 0.6 is 0 Å². The molecule has 0 radical (unpaired) electrons. The Morgan fingerprint density at radius 1 is 1.46 bits per heavy atom. The van der Waals surface area contributed by atoms with Crippen LogP contribution in [0.4, 0.5) is 0 Å². The molecule has 2 nitrogen and oxygen atoms in total. The molecule has 2 heteroatoms. The van der Waals surface area contributed by atoms with Crippen molar-refractivity contribution in [2.75, 3.05) is 0 Å². The number of hydrogen-bond donors (Lipinski definition) is 1. The first kappa shape index (κ1) is 9.20. The molecule has 2 saturated carbocycles. The lowest BCUT2D eigenvalue weighted by atomic mass is 9.81. The van der Waals surface area contributed by atoms with E-state index in [1.807, 2.05) is 0 Å². The summed E-state index contributed by atoms with van der Waals surface area (Å²) in [4.78, 5) is 10.6. The van der Waals surface area contributed by atoms with Crippen LogP contribution in [0, 0.1) is 17.8 Å². The van der Waals surface area contributed by atoms with E-state index < -0.39 is 5.60 Å². The maximum absolute atomic E-state index is 10.6. The van der Waals surface area contributed by atoms with E-state index in [1.54, 1.807) is 6.92 Å². The quantitative estimate of drug-likeness (QED) is 0.675. The number of aliphatic hydroxyl groups is 1. The molecule has 0 aromatic heterocycles. The van der Waals surface area contributed by atoms with Crippen LogP contribution in [-0.4, -0.2) is 17.0 Å². The molecule has 2 aliphatic carbocycles. The minimum Gasteiger partial charge on any atom is -0.383 e. The van der Waals surface area contributed by atoms with Crippen LogP contribution in [0.3, 0.4) is 0 Å². The molecule has 0 amide bonds. The molecule has 2 aliphatic rings. The van der Waals surface area contributed by atoms with E-state index in [0.29, 0.717) is 18.6 Å². The molecule has 74 valence electrons. The largest absolute Gasteiger partial charge is 0.383 e. The van der Waals surface area contributed by atoms with Crippen molar-refractivity contribution in [2.24, 2.45) is 17.8 Å². The van der Waals surface area contributed by atoms with E-state index in [-0.39, 0.29) is 0 Å². The summed E-state index contributed by atoms with van der Waals surface area (Å²) in [5.74, 6) is 2.31. The second-order valence-electron chi connectivity index (χ2n) is 5.11. The minimum absolute atomic E-state index is 0.610. The zero-order valence-corrected chi connectivity index (χ0v) is 8.20. The SMILES string of the molecule is C[C@@](O)(C=O)C[C@@H]1C[C@@H]2CC[C@@H]1C2. The van der Waals surface area contributed by atoms with Crippen LogP contribution in [0.1, 0.15) is 39.0 Å². The molecule has 0 spiro atoms. The molecule has 0 aromatic carbocycles. The predicted octanol–water partition coefficient (Wildman–Crippen LogP) is 1.76. The Labute approximate surface area is 79.3 Å². The van der Waals surface area contributed by atoms with E-state index in [4.69, 9.17) is 0 Å². The number of carbonyl (C=O) groups is 1. The third-order valence-electron chi connectivity index (χ3n) is 3.81. The van der Waals surface area contributed by atoms with Gasteiger partial charge < -0.3 is 9.90 Å². The smallest absolute Gasteiger partial charge is 0.151 e. The molecule has 0 aromatic rings. The summed E-state index contributed by atoms with van der Waals surface area (Å²) in [7, 11) is 0. The zero-order valence-electron chi connectivity index (χ0n) is 8.20. The van der Waals surface area contributed by atoms with Gasteiger partial charge in [-0.2, -0.15) is 0 Å². The monoisotopic (exact) mass is 182 g/mol. The molecule has 0 saturated heterocycles. The van der Waals surface area contributed by atoms with Crippen molar-refractivity contribution in [2.45, 2.75) is 44.6 Å². The first-order chi connectivity index (χ1) is 6.11. The van der Waals surface area contributed by atoms with Crippen LogP contribution < -0.4 is 0 Å². The number of fused-ring (bicyclic) bond motifs is 2. The van der Waals surface area contributed by atoms with Crippen LogP contribution in [0.15, 0.2) is 0 Å². The molecule has 2 fully saturated rings. The topological polar surface area (TPSA) is 37.3 Å². The zero-order chi connectivity index (χ0) is 9.47. The van der Waals surface area contributed by atoms with Gasteiger partial charge in [0.15, 0.2) is 6.29 Å². The molecule has 0 aliphatic heterocycles. The van der Waals surface area contributed by atoms with Gasteiger partial charge in [0.1, 0.15) is 5.60 Å². The average Bonchev–Trinajstić information content (AvgIpc) is 2.64. The summed E-state index contributed by atoms with van der Waals surface area (Å²) in [6, 6.07) is 0. The first-order valence-corrected chi connectivity index (χ1v) is 5.29. The van der Waals surface area contributed by atoms with E-state index in [1.165, 1.54) is 25.7 Å². The van der Waals surface area contributed by atoms with Crippen molar-refractivity contribution in [3.05, 3.63) is 0 Å². The Bertz CT molecular complexity index is 210. The maximum atomic E-state index is 10.6. The summed E-state index contributed by atoms with van der Waals surface area (Å²) in [5.41, 5.74) is -1.07. The highest BCUT2D eigenvalue weighted by molar-refractivity contribution is 5.61. The highest BCUT2D eigenvalue weighted by Gasteiger charge is 2.41. The highest BCUT2D eigenvalue weighted by Crippen LogP contribution is 2.50. The molecule has 1 N–H and O–H groups in total. The van der Waals surface area contributed by atoms with Crippen LogP contribution in [0.2, 0.25) is 0 Å². The molecule has 0 heterocycles. The number of hydrogen-bond acceptors (Lipinski definition) is 2. The fraction of sp³-hybridized carbons (Fsp3) is 0.909. The standard InChI is InChI=1S/C11H18O2/c1-11(13,7-12)6-10-5-8-2-3-9(10)4-8/h7-10,13H,2-6H2,1H3/t8-,9-,10+,11+/m1/s1. The molecule has 4 atom stereocenters. The molecule has 0 unspecified atom stereocenters. The lowest BCUT2D eigenvalue weighted by Gasteiger charge is -2.26. The lowest BCUT2D eigenvalue weighted by Crippen LogP contribution is -2.31. The van der Waals surface area contributed by atoms with Crippen molar-refractivity contribution in [3.8, 4) is 0 Å². The van der Waals surface area contributed by atoms with Gasteiger partial charge >= 0.3 is 0 Å². The van der Waals surface area contributed by atoms with Gasteiger partial charge in [0, 0.05) is 0 Å². The predicted molar refractivity (Wildman–Crippen MR) is 50.2 cm³/mol. The van der Waals surface area contributed by atoms with Crippen molar-refractivity contribution >= 4 is 6.29 Å². The first-order valence-electron chi connectivity index (χ1n) is 5.29. The van der Waals surface area contributed by atoms with Crippen molar-refractivity contribution in [3.63, 3.8) is 0 Å². The van der Waals surface area contributed by atoms with Crippen LogP contribution in [0.5, 0.6) is 0 Å². The van der Waals surface area contributed by atoms with Gasteiger partial charge in [-0.3, -0.25) is 0 Å². The van der Waals surface area contributed by atoms with Gasteiger partial charge in [-0.15, -0.1) is 0 Å². The summed E-state index contributed by atoms with van der Waals surface area (Å²) < 4.78 is 0. The Balaban J connectivity index is 1.93. The van der Waals surface area contributed by atoms with E-state index in [9.17, 15) is 9.90 Å². The lowest BCUT2D eigenvalue weighted by molar-refractivity contribution is -0.124. The van der Waals surface area contributed by atoms with Crippen LogP contribution in [-0.2, 0) is 4.79 Å². The number of aldehydes is 1. The molecule has 13 heavy (non-hydrogen) atoms. The van der Waals surface area contributed by atoms with Gasteiger partial charge in [0.25, 0.3) is 0 Å². The van der Waals surface area contributed by atoms with E-state index in [0.717, 1.165) is 11.8 Å². The Morgan fingerprint density at radius 2 is 2.23 bits per heavy atom. The normalized spacial score (nSPS) is 41.8. The molecule has 2 bridgehead atoms. The van der Waals surface area contributed by atoms with Gasteiger partial charge in [0.2, 0.25) is 0 Å². The fourth-order valence-electron chi connectivity index (χ4n) is 3.21. The Hall–Kier alpha value is -0.370. The summed E-state index contributed by atoms with van der Waals surface area (Å²) in [5, 5.41) is 9.64. The fourth-order valence-corrected chi connectivity index (χ4v) is 3.21.